The fraction of sp³-hybridized carbons (Fsp3) is 0.0909. The van der Waals surface area contributed by atoms with Gasteiger partial charge in [-0.3, -0.25) is 0 Å². The Kier molecular flexibility index (Phi) is 5.62. The van der Waals surface area contributed by atoms with Gasteiger partial charge < -0.3 is 5.32 Å². The van der Waals surface area contributed by atoms with E-state index in [4.69, 9.17) is 40.5 Å². The molecule has 0 fully saturated rings. The Morgan fingerprint density at radius 3 is 2.14 bits per heavy atom. The highest BCUT2D eigenvalue weighted by atomic mass is 35.5. The molecule has 1 aliphatic rings. The topological polar surface area (TPSA) is 27.6 Å². The van der Waals surface area contributed by atoms with Gasteiger partial charge in [-0.2, -0.15) is 5.10 Å². The number of thiocarbonyl (C=S) groups is 1. The second-order valence-electron chi connectivity index (χ2n) is 6.47. The van der Waals surface area contributed by atoms with E-state index in [1.165, 1.54) is 0 Å². The number of nitrogens with zero attached hydrogens (tertiary/aromatic N) is 2. The maximum atomic E-state index is 6.03. The molecule has 3 aromatic carbocycles. The van der Waals surface area contributed by atoms with E-state index in [9.17, 15) is 0 Å². The zero-order chi connectivity index (χ0) is 19.5. The van der Waals surface area contributed by atoms with Crippen molar-refractivity contribution in [2.75, 3.05) is 5.32 Å². The molecule has 0 bridgehead atoms. The highest BCUT2D eigenvalue weighted by Gasteiger charge is 2.31. The Balaban J connectivity index is 1.63. The Morgan fingerprint density at radius 1 is 0.893 bits per heavy atom. The summed E-state index contributed by atoms with van der Waals surface area (Å²) in [5.41, 5.74) is 4.06. The highest BCUT2D eigenvalue weighted by Crippen LogP contribution is 2.33. The van der Waals surface area contributed by atoms with Gasteiger partial charge in [-0.15, -0.1) is 0 Å². The second-order valence-corrected chi connectivity index (χ2v) is 7.73. The minimum Gasteiger partial charge on any atom is -0.331 e. The van der Waals surface area contributed by atoms with Crippen LogP contribution in [0.4, 0.5) is 5.69 Å². The molecule has 28 heavy (non-hydrogen) atoms. The number of hydrogen-bond donors (Lipinski definition) is 1. The number of anilines is 1. The first-order valence-corrected chi connectivity index (χ1v) is 10.0. The Morgan fingerprint density at radius 2 is 1.50 bits per heavy atom. The molecule has 0 amide bonds. The van der Waals surface area contributed by atoms with Crippen molar-refractivity contribution in [2.24, 2.45) is 5.10 Å². The summed E-state index contributed by atoms with van der Waals surface area (Å²) in [6, 6.07) is 25.5. The van der Waals surface area contributed by atoms with Gasteiger partial charge >= 0.3 is 0 Å². The molecule has 1 N–H and O–H groups in total. The monoisotopic (exact) mass is 425 g/mol. The van der Waals surface area contributed by atoms with Crippen LogP contribution in [0.5, 0.6) is 0 Å². The first-order valence-electron chi connectivity index (χ1n) is 8.84. The van der Waals surface area contributed by atoms with Crippen molar-refractivity contribution < 1.29 is 0 Å². The zero-order valence-electron chi connectivity index (χ0n) is 14.8. The lowest BCUT2D eigenvalue weighted by molar-refractivity contribution is 0.375. The van der Waals surface area contributed by atoms with Crippen molar-refractivity contribution in [1.82, 2.24) is 5.01 Å². The largest absolute Gasteiger partial charge is 0.331 e. The van der Waals surface area contributed by atoms with Crippen LogP contribution in [0.1, 0.15) is 23.6 Å². The molecule has 0 saturated heterocycles. The maximum Gasteiger partial charge on any atom is 0.194 e. The van der Waals surface area contributed by atoms with Crippen molar-refractivity contribution in [3.8, 4) is 0 Å². The molecule has 3 nitrogen and oxygen atoms in total. The van der Waals surface area contributed by atoms with Crippen molar-refractivity contribution in [3.05, 3.63) is 100 Å². The molecular formula is C22H17Cl2N3S. The molecule has 1 aliphatic heterocycles. The minimum atomic E-state index is 0.0270. The predicted molar refractivity (Wildman–Crippen MR) is 121 cm³/mol. The summed E-state index contributed by atoms with van der Waals surface area (Å²) in [5, 5.41) is 11.9. The van der Waals surface area contributed by atoms with E-state index in [0.717, 1.165) is 28.9 Å². The summed E-state index contributed by atoms with van der Waals surface area (Å²) in [6.45, 7) is 0. The van der Waals surface area contributed by atoms with Crippen LogP contribution in [0.15, 0.2) is 84.0 Å². The molecule has 0 aromatic heterocycles. The first kappa shape index (κ1) is 18.9. The number of halogens is 2. The average molecular weight is 426 g/mol. The van der Waals surface area contributed by atoms with Crippen molar-refractivity contribution in [1.29, 1.82) is 0 Å². The van der Waals surface area contributed by atoms with Crippen LogP contribution in [0.3, 0.4) is 0 Å². The molecule has 6 heteroatoms. The van der Waals surface area contributed by atoms with Crippen LogP contribution in [-0.2, 0) is 0 Å². The van der Waals surface area contributed by atoms with Gasteiger partial charge in [0.05, 0.1) is 11.8 Å². The maximum absolute atomic E-state index is 6.03. The lowest BCUT2D eigenvalue weighted by Gasteiger charge is -2.24. The van der Waals surface area contributed by atoms with Gasteiger partial charge in [0.1, 0.15) is 0 Å². The summed E-state index contributed by atoms with van der Waals surface area (Å²) < 4.78 is 0. The average Bonchev–Trinajstić information content (AvgIpc) is 3.16. The predicted octanol–water partition coefficient (Wildman–Crippen LogP) is 6.54. The van der Waals surface area contributed by atoms with E-state index in [1.807, 2.05) is 71.7 Å². The minimum absolute atomic E-state index is 0.0270. The fourth-order valence-electron chi connectivity index (χ4n) is 3.16. The summed E-state index contributed by atoms with van der Waals surface area (Å²) >= 11 is 17.7. The molecule has 1 heterocycles. The van der Waals surface area contributed by atoms with E-state index in [2.05, 4.69) is 17.4 Å². The van der Waals surface area contributed by atoms with Gasteiger partial charge in [0.15, 0.2) is 5.11 Å². The molecule has 0 radical (unpaired) electrons. The lowest BCUT2D eigenvalue weighted by Crippen LogP contribution is -2.31. The number of hydrogen-bond acceptors (Lipinski definition) is 2. The fourth-order valence-corrected chi connectivity index (χ4v) is 3.70. The summed E-state index contributed by atoms with van der Waals surface area (Å²) in [6.07, 6.45) is 0.758. The van der Waals surface area contributed by atoms with Crippen LogP contribution in [0.2, 0.25) is 10.0 Å². The number of nitrogens with one attached hydrogen (secondary N) is 1. The molecule has 0 spiro atoms. The Labute approximate surface area is 179 Å². The van der Waals surface area contributed by atoms with Crippen molar-refractivity contribution in [2.45, 2.75) is 12.5 Å². The van der Waals surface area contributed by atoms with E-state index in [1.54, 1.807) is 0 Å². The third-order valence-electron chi connectivity index (χ3n) is 4.58. The summed E-state index contributed by atoms with van der Waals surface area (Å²) in [7, 11) is 0. The molecule has 0 saturated carbocycles. The van der Waals surface area contributed by atoms with Crippen LogP contribution in [0.25, 0.3) is 0 Å². The molecule has 3 aromatic rings. The van der Waals surface area contributed by atoms with E-state index in [-0.39, 0.29) is 6.04 Å². The van der Waals surface area contributed by atoms with Crippen LogP contribution < -0.4 is 5.32 Å². The van der Waals surface area contributed by atoms with Crippen LogP contribution in [-0.4, -0.2) is 15.8 Å². The Hall–Kier alpha value is -2.40. The SMILES string of the molecule is S=C(Nc1ccc(Cl)cc1)N1N=C(c2ccc(Cl)cc2)CC1c1ccccc1. The molecule has 0 aliphatic carbocycles. The van der Waals surface area contributed by atoms with Gasteiger partial charge in [-0.1, -0.05) is 65.7 Å². The van der Waals surface area contributed by atoms with E-state index < -0.39 is 0 Å². The first-order chi connectivity index (χ1) is 13.6. The number of rotatable bonds is 3. The third kappa shape index (κ3) is 4.20. The molecule has 4 rings (SSSR count). The zero-order valence-corrected chi connectivity index (χ0v) is 17.2. The smallest absolute Gasteiger partial charge is 0.194 e. The summed E-state index contributed by atoms with van der Waals surface area (Å²) in [4.78, 5) is 0. The Bertz CT molecular complexity index is 1000. The quantitative estimate of drug-likeness (QED) is 0.482. The normalized spacial score (nSPS) is 16.0. The number of benzene rings is 3. The highest BCUT2D eigenvalue weighted by molar-refractivity contribution is 7.80. The van der Waals surface area contributed by atoms with Crippen LogP contribution >= 0.6 is 35.4 Å². The molecule has 1 unspecified atom stereocenters. The van der Waals surface area contributed by atoms with Gasteiger partial charge in [0.2, 0.25) is 0 Å². The van der Waals surface area contributed by atoms with Gasteiger partial charge in [-0.05, 0) is 59.7 Å². The van der Waals surface area contributed by atoms with Gasteiger partial charge in [0.25, 0.3) is 0 Å². The molecular weight excluding hydrogens is 409 g/mol. The second kappa shape index (κ2) is 8.31. The standard InChI is InChI=1S/C22H17Cl2N3S/c23-17-8-6-15(7-9-17)20-14-21(16-4-2-1-3-5-16)27(26-20)22(28)25-19-12-10-18(24)11-13-19/h1-13,21H,14H2,(H,25,28). The van der Waals surface area contributed by atoms with Crippen molar-refractivity contribution >= 4 is 51.9 Å². The summed E-state index contributed by atoms with van der Waals surface area (Å²) in [5.74, 6) is 0. The van der Waals surface area contributed by atoms with Crippen molar-refractivity contribution in [3.63, 3.8) is 0 Å². The third-order valence-corrected chi connectivity index (χ3v) is 5.37. The van der Waals surface area contributed by atoms with E-state index in [0.29, 0.717) is 15.2 Å². The molecule has 140 valence electrons. The lowest BCUT2D eigenvalue weighted by atomic mass is 9.99. The number of hydrazone groups is 1. The van der Waals surface area contributed by atoms with Gasteiger partial charge in [0, 0.05) is 22.2 Å². The van der Waals surface area contributed by atoms with E-state index >= 15 is 0 Å². The van der Waals surface area contributed by atoms with Crippen LogP contribution in [0, 0.1) is 0 Å². The van der Waals surface area contributed by atoms with Gasteiger partial charge in [-0.25, -0.2) is 5.01 Å². The molecule has 1 atom stereocenters.